The second-order valence-corrected chi connectivity index (χ2v) is 9.42. The molecule has 1 aliphatic rings. The number of aryl methyl sites for hydroxylation is 1. The van der Waals surface area contributed by atoms with Gasteiger partial charge in [-0.2, -0.15) is 0 Å². The molecule has 1 heterocycles. The van der Waals surface area contributed by atoms with Crippen molar-refractivity contribution in [2.75, 3.05) is 19.6 Å². The summed E-state index contributed by atoms with van der Waals surface area (Å²) >= 11 is 0. The summed E-state index contributed by atoms with van der Waals surface area (Å²) in [5.41, 5.74) is 3.55. The number of nitrogens with one attached hydrogen (secondary N) is 1. The van der Waals surface area contributed by atoms with Crippen LogP contribution in [0, 0.1) is 11.2 Å². The first-order valence-corrected chi connectivity index (χ1v) is 12.4. The largest absolute Gasteiger partial charge is 0.355 e. The van der Waals surface area contributed by atoms with E-state index in [-0.39, 0.29) is 17.6 Å². The zero-order valence-corrected chi connectivity index (χ0v) is 20.3. The lowest BCUT2D eigenvalue weighted by atomic mass is 9.72. The highest BCUT2D eigenvalue weighted by molar-refractivity contribution is 5.94. The van der Waals surface area contributed by atoms with Crippen LogP contribution < -0.4 is 5.32 Å². The standard InChI is InChI=1S/C30H33FN2O2/c1-2-23-8-10-24(11-9-23)16-19-32-29(35)30(22-25-6-4-3-5-7-25)17-20-33(21-18-30)28(34)26-12-14-27(31)15-13-26/h3-15H,2,16-22H2,1H3,(H,32,35). The second kappa shape index (κ2) is 11.3. The van der Waals surface area contributed by atoms with Crippen molar-refractivity contribution in [3.63, 3.8) is 0 Å². The number of nitrogens with zero attached hydrogens (tertiary/aromatic N) is 1. The molecule has 1 N–H and O–H groups in total. The highest BCUT2D eigenvalue weighted by atomic mass is 19.1. The van der Waals surface area contributed by atoms with E-state index in [0.717, 1.165) is 18.4 Å². The molecule has 2 amide bonds. The van der Waals surface area contributed by atoms with Crippen molar-refractivity contribution >= 4 is 11.8 Å². The van der Waals surface area contributed by atoms with Gasteiger partial charge in [-0.15, -0.1) is 0 Å². The van der Waals surface area contributed by atoms with Gasteiger partial charge in [0.25, 0.3) is 5.91 Å². The van der Waals surface area contributed by atoms with E-state index in [9.17, 15) is 14.0 Å². The van der Waals surface area contributed by atoms with Crippen LogP contribution in [-0.2, 0) is 24.1 Å². The molecular formula is C30H33FN2O2. The highest BCUT2D eigenvalue weighted by Gasteiger charge is 2.42. The summed E-state index contributed by atoms with van der Waals surface area (Å²) in [6.45, 7) is 3.71. The van der Waals surface area contributed by atoms with Gasteiger partial charge in [0.15, 0.2) is 0 Å². The van der Waals surface area contributed by atoms with Crippen molar-refractivity contribution in [3.8, 4) is 0 Å². The molecule has 0 radical (unpaired) electrons. The Labute approximate surface area is 207 Å². The number of hydrogen-bond donors (Lipinski definition) is 1. The Morgan fingerprint density at radius 1 is 0.857 bits per heavy atom. The summed E-state index contributed by atoms with van der Waals surface area (Å²) in [4.78, 5) is 28.2. The zero-order chi connectivity index (χ0) is 24.7. The number of piperidine rings is 1. The fourth-order valence-corrected chi connectivity index (χ4v) is 4.83. The monoisotopic (exact) mass is 472 g/mol. The van der Waals surface area contributed by atoms with E-state index < -0.39 is 5.41 Å². The number of likely N-dealkylation sites (tertiary alicyclic amines) is 1. The number of halogens is 1. The van der Waals surface area contributed by atoms with Gasteiger partial charge < -0.3 is 10.2 Å². The summed E-state index contributed by atoms with van der Waals surface area (Å²) in [7, 11) is 0. The van der Waals surface area contributed by atoms with Crippen LogP contribution in [0.4, 0.5) is 4.39 Å². The third-order valence-electron chi connectivity index (χ3n) is 7.10. The van der Waals surface area contributed by atoms with Crippen LogP contribution >= 0.6 is 0 Å². The second-order valence-electron chi connectivity index (χ2n) is 9.42. The average molecular weight is 473 g/mol. The molecule has 3 aromatic carbocycles. The van der Waals surface area contributed by atoms with E-state index in [0.29, 0.717) is 44.5 Å². The van der Waals surface area contributed by atoms with Crippen LogP contribution in [0.5, 0.6) is 0 Å². The Hall–Kier alpha value is -3.47. The molecule has 0 bridgehead atoms. The lowest BCUT2D eigenvalue weighted by Crippen LogP contribution is -2.51. The number of rotatable bonds is 8. The molecule has 5 heteroatoms. The van der Waals surface area contributed by atoms with Gasteiger partial charge in [-0.05, 0) is 73.1 Å². The van der Waals surface area contributed by atoms with E-state index in [1.54, 1.807) is 4.90 Å². The predicted octanol–water partition coefficient (Wildman–Crippen LogP) is 5.21. The van der Waals surface area contributed by atoms with Gasteiger partial charge in [0.05, 0.1) is 5.41 Å². The summed E-state index contributed by atoms with van der Waals surface area (Å²) in [5.74, 6) is -0.422. The van der Waals surface area contributed by atoms with Gasteiger partial charge in [0.2, 0.25) is 5.91 Å². The van der Waals surface area contributed by atoms with Crippen molar-refractivity contribution < 1.29 is 14.0 Å². The van der Waals surface area contributed by atoms with Crippen molar-refractivity contribution in [3.05, 3.63) is 107 Å². The molecule has 182 valence electrons. The number of carbonyl (C=O) groups is 2. The Bertz CT molecular complexity index is 1120. The Kier molecular flexibility index (Phi) is 7.96. The number of hydrogen-bond acceptors (Lipinski definition) is 2. The molecular weight excluding hydrogens is 439 g/mol. The minimum atomic E-state index is -0.563. The molecule has 35 heavy (non-hydrogen) atoms. The fourth-order valence-electron chi connectivity index (χ4n) is 4.83. The quantitative estimate of drug-likeness (QED) is 0.489. The zero-order valence-electron chi connectivity index (χ0n) is 20.3. The summed E-state index contributed by atoms with van der Waals surface area (Å²) < 4.78 is 13.3. The Morgan fingerprint density at radius 3 is 2.11 bits per heavy atom. The third kappa shape index (κ3) is 6.16. The topological polar surface area (TPSA) is 49.4 Å². The van der Waals surface area contributed by atoms with Crippen LogP contribution in [0.15, 0.2) is 78.9 Å². The molecule has 1 aliphatic heterocycles. The predicted molar refractivity (Wildman–Crippen MR) is 137 cm³/mol. The summed E-state index contributed by atoms with van der Waals surface area (Å²) in [6, 6.07) is 24.3. The van der Waals surface area contributed by atoms with Crippen molar-refractivity contribution in [1.29, 1.82) is 0 Å². The first-order valence-electron chi connectivity index (χ1n) is 12.4. The molecule has 1 saturated heterocycles. The summed E-state index contributed by atoms with van der Waals surface area (Å²) in [6.07, 6.45) is 3.62. The van der Waals surface area contributed by atoms with Crippen molar-refractivity contribution in [2.45, 2.75) is 39.0 Å². The lowest BCUT2D eigenvalue weighted by Gasteiger charge is -2.41. The number of carbonyl (C=O) groups excluding carboxylic acids is 2. The molecule has 3 aromatic rings. The van der Waals surface area contributed by atoms with Gasteiger partial charge in [-0.25, -0.2) is 4.39 Å². The Balaban J connectivity index is 1.42. The van der Waals surface area contributed by atoms with Crippen LogP contribution in [-0.4, -0.2) is 36.3 Å². The van der Waals surface area contributed by atoms with E-state index >= 15 is 0 Å². The maximum atomic E-state index is 13.5. The maximum absolute atomic E-state index is 13.5. The van der Waals surface area contributed by atoms with Gasteiger partial charge >= 0.3 is 0 Å². The SMILES string of the molecule is CCc1ccc(CCNC(=O)C2(Cc3ccccc3)CCN(C(=O)c3ccc(F)cc3)CC2)cc1. The van der Waals surface area contributed by atoms with E-state index in [1.807, 2.05) is 18.2 Å². The van der Waals surface area contributed by atoms with E-state index in [1.165, 1.54) is 35.4 Å². The molecule has 0 unspecified atom stereocenters. The van der Waals surface area contributed by atoms with Crippen LogP contribution in [0.1, 0.15) is 46.8 Å². The van der Waals surface area contributed by atoms with Gasteiger partial charge in [0, 0.05) is 25.2 Å². The molecule has 0 spiro atoms. The molecule has 0 saturated carbocycles. The molecule has 1 fully saturated rings. The van der Waals surface area contributed by atoms with Crippen LogP contribution in [0.3, 0.4) is 0 Å². The number of benzene rings is 3. The average Bonchev–Trinajstić information content (AvgIpc) is 2.90. The minimum absolute atomic E-state index is 0.0559. The van der Waals surface area contributed by atoms with E-state index in [4.69, 9.17) is 0 Å². The molecule has 4 nitrogen and oxygen atoms in total. The van der Waals surface area contributed by atoms with Crippen molar-refractivity contribution in [2.24, 2.45) is 5.41 Å². The first-order chi connectivity index (χ1) is 17.0. The van der Waals surface area contributed by atoms with Crippen LogP contribution in [0.2, 0.25) is 0 Å². The molecule has 4 rings (SSSR count). The van der Waals surface area contributed by atoms with Crippen molar-refractivity contribution in [1.82, 2.24) is 10.2 Å². The smallest absolute Gasteiger partial charge is 0.253 e. The summed E-state index contributed by atoms with van der Waals surface area (Å²) in [5, 5.41) is 3.19. The first kappa shape index (κ1) is 24.6. The Morgan fingerprint density at radius 2 is 1.49 bits per heavy atom. The van der Waals surface area contributed by atoms with Gasteiger partial charge in [-0.1, -0.05) is 61.5 Å². The van der Waals surface area contributed by atoms with Crippen LogP contribution in [0.25, 0.3) is 0 Å². The third-order valence-corrected chi connectivity index (χ3v) is 7.10. The fraction of sp³-hybridized carbons (Fsp3) is 0.333. The maximum Gasteiger partial charge on any atom is 0.253 e. The minimum Gasteiger partial charge on any atom is -0.355 e. The number of amides is 2. The normalized spacial score (nSPS) is 15.0. The highest BCUT2D eigenvalue weighted by Crippen LogP contribution is 2.36. The molecule has 0 atom stereocenters. The lowest BCUT2D eigenvalue weighted by molar-refractivity contribution is -0.133. The van der Waals surface area contributed by atoms with Gasteiger partial charge in [-0.3, -0.25) is 9.59 Å². The molecule has 0 aromatic heterocycles. The van der Waals surface area contributed by atoms with Gasteiger partial charge in [0.1, 0.15) is 5.82 Å². The van der Waals surface area contributed by atoms with E-state index in [2.05, 4.69) is 48.6 Å². The molecule has 0 aliphatic carbocycles.